The van der Waals surface area contributed by atoms with Crippen LogP contribution in [0.1, 0.15) is 50.8 Å². The predicted molar refractivity (Wildman–Crippen MR) is 78.8 cm³/mol. The van der Waals surface area contributed by atoms with Crippen LogP contribution in [0.3, 0.4) is 0 Å². The van der Waals surface area contributed by atoms with E-state index < -0.39 is 0 Å². The molecule has 0 amide bonds. The second-order valence-corrected chi connectivity index (χ2v) is 5.40. The fourth-order valence-electron chi connectivity index (χ4n) is 2.73. The van der Waals surface area contributed by atoms with Crippen molar-refractivity contribution in [2.45, 2.75) is 44.9 Å². The number of benzene rings is 1. The number of H-pyrrole nitrogens is 1. The van der Waals surface area contributed by atoms with Gasteiger partial charge in [-0.1, -0.05) is 31.9 Å². The molecule has 0 radical (unpaired) electrons. The zero-order valence-electron chi connectivity index (χ0n) is 11.9. The summed E-state index contributed by atoms with van der Waals surface area (Å²) in [4.78, 5) is 4.66. The Morgan fingerprint density at radius 2 is 2.15 bits per heavy atom. The first kappa shape index (κ1) is 13.2. The topological polar surface area (TPSA) is 50.8 Å². The second kappa shape index (κ2) is 6.07. The minimum atomic E-state index is 0.566. The van der Waals surface area contributed by atoms with E-state index in [0.717, 1.165) is 36.0 Å². The largest absolute Gasteiger partial charge is 0.494 e. The van der Waals surface area contributed by atoms with Gasteiger partial charge in [0.15, 0.2) is 5.82 Å². The molecule has 1 aromatic heterocycles. The molecule has 0 unspecified atom stereocenters. The third-order valence-electron chi connectivity index (χ3n) is 3.81. The molecule has 4 heteroatoms. The van der Waals surface area contributed by atoms with Crippen molar-refractivity contribution in [1.29, 1.82) is 0 Å². The summed E-state index contributed by atoms with van der Waals surface area (Å²) in [6.45, 7) is 2.85. The van der Waals surface area contributed by atoms with Crippen molar-refractivity contribution in [1.82, 2.24) is 15.2 Å². The van der Waals surface area contributed by atoms with Crippen LogP contribution in [-0.2, 0) is 0 Å². The molecule has 0 bridgehead atoms. The lowest BCUT2D eigenvalue weighted by Crippen LogP contribution is -1.95. The van der Waals surface area contributed by atoms with Gasteiger partial charge in [0.05, 0.1) is 6.61 Å². The Morgan fingerprint density at radius 3 is 2.95 bits per heavy atom. The molecule has 1 aliphatic carbocycles. The van der Waals surface area contributed by atoms with Crippen molar-refractivity contribution in [3.63, 3.8) is 0 Å². The van der Waals surface area contributed by atoms with Crippen LogP contribution in [0, 0.1) is 0 Å². The molecule has 1 fully saturated rings. The van der Waals surface area contributed by atoms with E-state index >= 15 is 0 Å². The first-order valence-corrected chi connectivity index (χ1v) is 7.52. The molecule has 1 aromatic carbocycles. The van der Waals surface area contributed by atoms with Crippen LogP contribution in [0.4, 0.5) is 0 Å². The van der Waals surface area contributed by atoms with Gasteiger partial charge in [-0.3, -0.25) is 5.10 Å². The van der Waals surface area contributed by atoms with Crippen molar-refractivity contribution in [2.24, 2.45) is 0 Å². The zero-order chi connectivity index (χ0) is 13.8. The molecule has 106 valence electrons. The molecule has 3 rings (SSSR count). The van der Waals surface area contributed by atoms with Crippen LogP contribution in [0.15, 0.2) is 24.3 Å². The van der Waals surface area contributed by atoms with Gasteiger partial charge in [-0.15, -0.1) is 0 Å². The molecule has 1 aliphatic rings. The summed E-state index contributed by atoms with van der Waals surface area (Å²) >= 11 is 0. The number of nitrogens with one attached hydrogen (secondary N) is 1. The van der Waals surface area contributed by atoms with Crippen molar-refractivity contribution in [2.75, 3.05) is 6.61 Å². The van der Waals surface area contributed by atoms with Gasteiger partial charge in [0, 0.05) is 11.5 Å². The van der Waals surface area contributed by atoms with E-state index in [4.69, 9.17) is 4.74 Å². The number of nitrogens with zero attached hydrogens (tertiary/aromatic N) is 2. The first-order chi connectivity index (χ1) is 9.86. The lowest BCUT2D eigenvalue weighted by molar-refractivity contribution is 0.317. The number of aromatic nitrogens is 3. The van der Waals surface area contributed by atoms with Gasteiger partial charge in [-0.2, -0.15) is 5.10 Å². The van der Waals surface area contributed by atoms with E-state index in [9.17, 15) is 0 Å². The normalized spacial score (nSPS) is 15.7. The summed E-state index contributed by atoms with van der Waals surface area (Å²) in [5.41, 5.74) is 1.01. The lowest BCUT2D eigenvalue weighted by Gasteiger charge is -2.05. The molecule has 0 saturated heterocycles. The van der Waals surface area contributed by atoms with Crippen molar-refractivity contribution < 1.29 is 4.74 Å². The molecule has 0 atom stereocenters. The monoisotopic (exact) mass is 271 g/mol. The highest BCUT2D eigenvalue weighted by atomic mass is 16.5. The maximum Gasteiger partial charge on any atom is 0.181 e. The van der Waals surface area contributed by atoms with Gasteiger partial charge < -0.3 is 4.74 Å². The van der Waals surface area contributed by atoms with E-state index in [1.165, 1.54) is 25.7 Å². The summed E-state index contributed by atoms with van der Waals surface area (Å²) in [6, 6.07) is 8.01. The standard InChI is InChI=1S/C16H21N3O/c1-2-10-20-14-9-5-8-13(11-14)16-17-15(18-19-16)12-6-3-4-7-12/h5,8-9,11-12H,2-4,6-7,10H2,1H3,(H,17,18,19). The van der Waals surface area contributed by atoms with E-state index in [1.807, 2.05) is 24.3 Å². The van der Waals surface area contributed by atoms with Gasteiger partial charge in [-0.05, 0) is 31.4 Å². The number of ether oxygens (including phenoxy) is 1. The first-order valence-electron chi connectivity index (χ1n) is 7.52. The smallest absolute Gasteiger partial charge is 0.181 e. The van der Waals surface area contributed by atoms with Crippen molar-refractivity contribution in [3.05, 3.63) is 30.1 Å². The molecule has 1 N–H and O–H groups in total. The Morgan fingerprint density at radius 1 is 1.30 bits per heavy atom. The summed E-state index contributed by atoms with van der Waals surface area (Å²) in [7, 11) is 0. The van der Waals surface area contributed by atoms with Crippen LogP contribution in [0.5, 0.6) is 5.75 Å². The van der Waals surface area contributed by atoms with E-state index in [2.05, 4.69) is 22.1 Å². The highest BCUT2D eigenvalue weighted by Crippen LogP contribution is 2.32. The molecule has 20 heavy (non-hydrogen) atoms. The molecule has 0 spiro atoms. The van der Waals surface area contributed by atoms with E-state index in [-0.39, 0.29) is 0 Å². The third kappa shape index (κ3) is 2.84. The Bertz CT molecular complexity index is 558. The van der Waals surface area contributed by atoms with Crippen LogP contribution < -0.4 is 4.74 Å². The molecule has 0 aliphatic heterocycles. The molecule has 1 saturated carbocycles. The third-order valence-corrected chi connectivity index (χ3v) is 3.81. The van der Waals surface area contributed by atoms with Gasteiger partial charge in [0.2, 0.25) is 0 Å². The maximum atomic E-state index is 5.66. The predicted octanol–water partition coefficient (Wildman–Crippen LogP) is 3.92. The van der Waals surface area contributed by atoms with Crippen molar-refractivity contribution in [3.8, 4) is 17.1 Å². The molecular formula is C16H21N3O. The van der Waals surface area contributed by atoms with Gasteiger partial charge in [-0.25, -0.2) is 4.98 Å². The van der Waals surface area contributed by atoms with Gasteiger partial charge in [0.25, 0.3) is 0 Å². The summed E-state index contributed by atoms with van der Waals surface area (Å²) in [5, 5.41) is 7.47. The Labute approximate surface area is 119 Å². The Hall–Kier alpha value is -1.84. The average Bonchev–Trinajstić information content (AvgIpc) is 3.15. The number of aromatic amines is 1. The highest BCUT2D eigenvalue weighted by Gasteiger charge is 2.20. The minimum absolute atomic E-state index is 0.566. The Balaban J connectivity index is 1.78. The molecular weight excluding hydrogens is 250 g/mol. The van der Waals surface area contributed by atoms with Gasteiger partial charge >= 0.3 is 0 Å². The number of hydrogen-bond acceptors (Lipinski definition) is 3. The average molecular weight is 271 g/mol. The summed E-state index contributed by atoms with van der Waals surface area (Å²) in [5.74, 6) is 3.26. The SMILES string of the molecule is CCCOc1cccc(-c2n[nH]c(C3CCCC3)n2)c1. The fraction of sp³-hybridized carbons (Fsp3) is 0.500. The van der Waals surface area contributed by atoms with Gasteiger partial charge in [0.1, 0.15) is 11.6 Å². The quantitative estimate of drug-likeness (QED) is 0.896. The highest BCUT2D eigenvalue weighted by molar-refractivity contribution is 5.57. The molecule has 2 aromatic rings. The van der Waals surface area contributed by atoms with E-state index in [1.54, 1.807) is 0 Å². The van der Waals surface area contributed by atoms with E-state index in [0.29, 0.717) is 5.92 Å². The summed E-state index contributed by atoms with van der Waals surface area (Å²) < 4.78 is 5.66. The van der Waals surface area contributed by atoms with Crippen LogP contribution in [0.25, 0.3) is 11.4 Å². The lowest BCUT2D eigenvalue weighted by atomic mass is 10.1. The van der Waals surface area contributed by atoms with Crippen LogP contribution in [0.2, 0.25) is 0 Å². The molecule has 1 heterocycles. The summed E-state index contributed by atoms with van der Waals surface area (Å²) in [6.07, 6.45) is 6.08. The molecule has 4 nitrogen and oxygen atoms in total. The Kier molecular flexibility index (Phi) is 4.00. The number of rotatable bonds is 5. The van der Waals surface area contributed by atoms with Crippen LogP contribution in [-0.4, -0.2) is 21.8 Å². The minimum Gasteiger partial charge on any atom is -0.494 e. The maximum absolute atomic E-state index is 5.66. The number of hydrogen-bond donors (Lipinski definition) is 1. The van der Waals surface area contributed by atoms with Crippen molar-refractivity contribution >= 4 is 0 Å². The fourth-order valence-corrected chi connectivity index (χ4v) is 2.73. The van der Waals surface area contributed by atoms with Crippen LogP contribution >= 0.6 is 0 Å². The zero-order valence-corrected chi connectivity index (χ0v) is 11.9. The second-order valence-electron chi connectivity index (χ2n) is 5.40.